The van der Waals surface area contributed by atoms with Crippen molar-refractivity contribution in [2.75, 3.05) is 0 Å². The molecule has 58 valence electrons. The maximum atomic E-state index is 10.5. The summed E-state index contributed by atoms with van der Waals surface area (Å²) in [6, 6.07) is 0. The Morgan fingerprint density at radius 3 is 2.60 bits per heavy atom. The first-order valence-electron chi connectivity index (χ1n) is 3.63. The molecule has 0 fully saturated rings. The number of rotatable bonds is 4. The summed E-state index contributed by atoms with van der Waals surface area (Å²) in [6.45, 7) is 3.61. The molecule has 2 nitrogen and oxygen atoms in total. The first-order valence-corrected chi connectivity index (χ1v) is 3.63. The van der Waals surface area contributed by atoms with Crippen LogP contribution in [0.1, 0.15) is 33.1 Å². The minimum atomic E-state index is 0.0357. The highest BCUT2D eigenvalue weighted by Gasteiger charge is 1.91. The quantitative estimate of drug-likeness (QED) is 0.604. The van der Waals surface area contributed by atoms with E-state index in [9.17, 15) is 4.79 Å². The highest BCUT2D eigenvalue weighted by molar-refractivity contribution is 5.87. The molecule has 0 saturated heterocycles. The van der Waals surface area contributed by atoms with Gasteiger partial charge in [0.1, 0.15) is 0 Å². The van der Waals surface area contributed by atoms with Crippen molar-refractivity contribution < 1.29 is 4.79 Å². The van der Waals surface area contributed by atoms with Gasteiger partial charge in [-0.3, -0.25) is 4.79 Å². The summed E-state index contributed by atoms with van der Waals surface area (Å²) in [7, 11) is 0. The summed E-state index contributed by atoms with van der Waals surface area (Å²) in [5.74, 6) is 0.0357. The van der Waals surface area contributed by atoms with Gasteiger partial charge in [-0.2, -0.15) is 0 Å². The molecule has 0 aromatic rings. The average molecular weight is 141 g/mol. The summed E-state index contributed by atoms with van der Waals surface area (Å²) in [5.41, 5.74) is 6.20. The maximum Gasteiger partial charge on any atom is 0.154 e. The van der Waals surface area contributed by atoms with Gasteiger partial charge < -0.3 is 5.73 Å². The fraction of sp³-hybridized carbons (Fsp3) is 0.625. The smallest absolute Gasteiger partial charge is 0.154 e. The molecule has 0 bridgehead atoms. The molecular formula is C8H15NO. The van der Waals surface area contributed by atoms with Crippen LogP contribution in [0.25, 0.3) is 0 Å². The van der Waals surface area contributed by atoms with Gasteiger partial charge in [-0.25, -0.2) is 0 Å². The van der Waals surface area contributed by atoms with Crippen LogP contribution >= 0.6 is 0 Å². The van der Waals surface area contributed by atoms with Crippen LogP contribution in [0.4, 0.5) is 0 Å². The van der Waals surface area contributed by atoms with Gasteiger partial charge in [0.15, 0.2) is 5.78 Å². The van der Waals surface area contributed by atoms with Crippen molar-refractivity contribution >= 4 is 5.78 Å². The van der Waals surface area contributed by atoms with Crippen LogP contribution in [0.15, 0.2) is 11.8 Å². The molecule has 0 aliphatic carbocycles. The van der Waals surface area contributed by atoms with Gasteiger partial charge in [0, 0.05) is 5.70 Å². The van der Waals surface area contributed by atoms with E-state index in [0.29, 0.717) is 5.70 Å². The second-order valence-corrected chi connectivity index (χ2v) is 2.43. The number of allylic oxidation sites excluding steroid dienone is 2. The Labute approximate surface area is 62.1 Å². The van der Waals surface area contributed by atoms with Crippen molar-refractivity contribution in [1.29, 1.82) is 0 Å². The predicted molar refractivity (Wildman–Crippen MR) is 42.5 cm³/mol. The zero-order valence-electron chi connectivity index (χ0n) is 6.68. The van der Waals surface area contributed by atoms with Crippen molar-refractivity contribution in [2.45, 2.75) is 33.1 Å². The van der Waals surface area contributed by atoms with Crippen molar-refractivity contribution in [3.8, 4) is 0 Å². The molecular weight excluding hydrogens is 126 g/mol. The van der Waals surface area contributed by atoms with E-state index in [2.05, 4.69) is 6.92 Å². The highest BCUT2D eigenvalue weighted by atomic mass is 16.1. The van der Waals surface area contributed by atoms with Crippen LogP contribution in [0.3, 0.4) is 0 Å². The van der Waals surface area contributed by atoms with E-state index in [-0.39, 0.29) is 5.78 Å². The van der Waals surface area contributed by atoms with Crippen LogP contribution in [0, 0.1) is 0 Å². The minimum absolute atomic E-state index is 0.0357. The maximum absolute atomic E-state index is 10.5. The summed E-state index contributed by atoms with van der Waals surface area (Å²) in [6.07, 6.45) is 4.52. The third-order valence-corrected chi connectivity index (χ3v) is 1.21. The first kappa shape index (κ1) is 9.21. The van der Waals surface area contributed by atoms with Crippen LogP contribution in [-0.4, -0.2) is 5.78 Å². The number of hydrogen-bond donors (Lipinski definition) is 1. The van der Waals surface area contributed by atoms with E-state index in [1.165, 1.54) is 13.0 Å². The molecule has 0 atom stereocenters. The zero-order valence-corrected chi connectivity index (χ0v) is 6.68. The topological polar surface area (TPSA) is 43.1 Å². The Morgan fingerprint density at radius 1 is 1.60 bits per heavy atom. The molecule has 0 rings (SSSR count). The van der Waals surface area contributed by atoms with E-state index in [1.54, 1.807) is 0 Å². The number of carbonyl (C=O) groups is 1. The Balaban J connectivity index is 3.60. The summed E-state index contributed by atoms with van der Waals surface area (Å²) in [5, 5.41) is 0. The Kier molecular flexibility index (Phi) is 4.63. The van der Waals surface area contributed by atoms with E-state index < -0.39 is 0 Å². The lowest BCUT2D eigenvalue weighted by atomic mass is 10.2. The molecule has 10 heavy (non-hydrogen) atoms. The standard InChI is InChI=1S/C8H15NO/c1-3-4-5-8(9)6-7(2)10/h6H,3-5,9H2,1-2H3/b8-6-. The molecule has 2 N–H and O–H groups in total. The van der Waals surface area contributed by atoms with Crippen molar-refractivity contribution in [1.82, 2.24) is 0 Å². The van der Waals surface area contributed by atoms with Gasteiger partial charge in [-0.05, 0) is 25.8 Å². The highest BCUT2D eigenvalue weighted by Crippen LogP contribution is 2.00. The second-order valence-electron chi connectivity index (χ2n) is 2.43. The largest absolute Gasteiger partial charge is 0.402 e. The lowest BCUT2D eigenvalue weighted by Crippen LogP contribution is -1.99. The van der Waals surface area contributed by atoms with Crippen molar-refractivity contribution in [2.24, 2.45) is 5.73 Å². The predicted octanol–water partition coefficient (Wildman–Crippen LogP) is 1.61. The lowest BCUT2D eigenvalue weighted by Gasteiger charge is -1.96. The van der Waals surface area contributed by atoms with Crippen LogP contribution in [-0.2, 0) is 4.79 Å². The number of carbonyl (C=O) groups excluding carboxylic acids is 1. The summed E-state index contributed by atoms with van der Waals surface area (Å²) >= 11 is 0. The van der Waals surface area contributed by atoms with Gasteiger partial charge in [-0.15, -0.1) is 0 Å². The first-order chi connectivity index (χ1) is 4.66. The normalized spacial score (nSPS) is 11.6. The molecule has 0 aliphatic rings. The second kappa shape index (κ2) is 5.03. The molecule has 2 heteroatoms. The van der Waals surface area contributed by atoms with Crippen LogP contribution in [0.2, 0.25) is 0 Å². The fourth-order valence-electron chi connectivity index (χ4n) is 0.714. The third-order valence-electron chi connectivity index (χ3n) is 1.21. The lowest BCUT2D eigenvalue weighted by molar-refractivity contribution is -0.112. The third kappa shape index (κ3) is 5.35. The zero-order chi connectivity index (χ0) is 7.98. The summed E-state index contributed by atoms with van der Waals surface area (Å²) < 4.78 is 0. The van der Waals surface area contributed by atoms with Gasteiger partial charge in [0.25, 0.3) is 0 Å². The molecule has 0 aliphatic heterocycles. The van der Waals surface area contributed by atoms with Gasteiger partial charge in [0.2, 0.25) is 0 Å². The van der Waals surface area contributed by atoms with Crippen LogP contribution < -0.4 is 5.73 Å². The van der Waals surface area contributed by atoms with E-state index in [0.717, 1.165) is 19.3 Å². The fourth-order valence-corrected chi connectivity index (χ4v) is 0.714. The van der Waals surface area contributed by atoms with Crippen molar-refractivity contribution in [3.05, 3.63) is 11.8 Å². The Bertz CT molecular complexity index is 138. The molecule has 0 aromatic heterocycles. The van der Waals surface area contributed by atoms with E-state index in [4.69, 9.17) is 5.73 Å². The Hall–Kier alpha value is -0.790. The minimum Gasteiger partial charge on any atom is -0.402 e. The monoisotopic (exact) mass is 141 g/mol. The summed E-state index contributed by atoms with van der Waals surface area (Å²) in [4.78, 5) is 10.5. The van der Waals surface area contributed by atoms with E-state index in [1.807, 2.05) is 0 Å². The molecule has 0 spiro atoms. The SMILES string of the molecule is CCCC/C(N)=C/C(C)=O. The van der Waals surface area contributed by atoms with Gasteiger partial charge >= 0.3 is 0 Å². The van der Waals surface area contributed by atoms with E-state index >= 15 is 0 Å². The molecule has 0 aromatic carbocycles. The average Bonchev–Trinajstić information content (AvgIpc) is 1.82. The number of ketones is 1. The van der Waals surface area contributed by atoms with Crippen molar-refractivity contribution in [3.63, 3.8) is 0 Å². The molecule has 0 heterocycles. The molecule has 0 radical (unpaired) electrons. The van der Waals surface area contributed by atoms with Gasteiger partial charge in [0.05, 0.1) is 0 Å². The number of hydrogen-bond acceptors (Lipinski definition) is 2. The Morgan fingerprint density at radius 2 is 2.20 bits per heavy atom. The number of nitrogens with two attached hydrogens (primary N) is 1. The van der Waals surface area contributed by atoms with Gasteiger partial charge in [-0.1, -0.05) is 13.3 Å². The number of unbranched alkanes of at least 4 members (excludes halogenated alkanes) is 1. The molecule has 0 amide bonds. The molecule has 0 unspecified atom stereocenters. The van der Waals surface area contributed by atoms with Crippen LogP contribution in [0.5, 0.6) is 0 Å². The molecule has 0 saturated carbocycles.